The van der Waals surface area contributed by atoms with Crippen LogP contribution in [0.5, 0.6) is 0 Å². The molecule has 0 aliphatic rings. The highest BCUT2D eigenvalue weighted by molar-refractivity contribution is 7.90. The van der Waals surface area contributed by atoms with Crippen LogP contribution in [0.2, 0.25) is 0 Å². The number of hydrogen-bond donors (Lipinski definition) is 1. The van der Waals surface area contributed by atoms with Crippen molar-refractivity contribution in [2.45, 2.75) is 25.3 Å². The van der Waals surface area contributed by atoms with Gasteiger partial charge in [-0.15, -0.1) is 0 Å². The average molecular weight is 420 g/mol. The van der Waals surface area contributed by atoms with Crippen molar-refractivity contribution in [2.75, 3.05) is 6.26 Å². The van der Waals surface area contributed by atoms with Gasteiger partial charge in [-0.05, 0) is 54.8 Å². The summed E-state index contributed by atoms with van der Waals surface area (Å²) >= 11 is 0. The molecule has 0 spiro atoms. The molecule has 3 rings (SSSR count). The van der Waals surface area contributed by atoms with Crippen LogP contribution in [0, 0.1) is 25.2 Å². The Balaban J connectivity index is 2.00. The number of carbonyl (C=O) groups is 1. The molecule has 0 fully saturated rings. The molecule has 152 valence electrons. The molecule has 8 heteroatoms. The molecular weight excluding hydrogens is 400 g/mol. The summed E-state index contributed by atoms with van der Waals surface area (Å²) in [4.78, 5) is 20.9. The Hall–Kier alpha value is -3.57. The van der Waals surface area contributed by atoms with Gasteiger partial charge in [-0.2, -0.15) is 5.26 Å². The van der Waals surface area contributed by atoms with Crippen LogP contribution in [0.1, 0.15) is 32.9 Å². The number of amides is 1. The lowest BCUT2D eigenvalue weighted by Crippen LogP contribution is -2.23. The van der Waals surface area contributed by atoms with E-state index in [2.05, 4.69) is 21.4 Å². The number of hydrogen-bond acceptors (Lipinski definition) is 6. The summed E-state index contributed by atoms with van der Waals surface area (Å²) in [6.07, 6.45) is 4.32. The Morgan fingerprint density at radius 2 is 1.80 bits per heavy atom. The van der Waals surface area contributed by atoms with Gasteiger partial charge in [0.25, 0.3) is 5.91 Å². The number of nitriles is 1. The molecule has 1 N–H and O–H groups in total. The minimum Gasteiger partial charge on any atom is -0.348 e. The predicted octanol–water partition coefficient (Wildman–Crippen LogP) is 2.97. The first-order valence-electron chi connectivity index (χ1n) is 9.09. The summed E-state index contributed by atoms with van der Waals surface area (Å²) < 4.78 is 24.4. The lowest BCUT2D eigenvalue weighted by atomic mass is 9.97. The van der Waals surface area contributed by atoms with Crippen molar-refractivity contribution in [1.29, 1.82) is 5.26 Å². The highest BCUT2D eigenvalue weighted by atomic mass is 32.2. The van der Waals surface area contributed by atoms with Crippen molar-refractivity contribution in [1.82, 2.24) is 15.3 Å². The molecule has 1 heterocycles. The molecule has 0 radical (unpaired) electrons. The van der Waals surface area contributed by atoms with Gasteiger partial charge in [0.15, 0.2) is 9.84 Å². The number of nitrogens with zero attached hydrogens (tertiary/aromatic N) is 3. The molecule has 1 aromatic heterocycles. The second-order valence-electron chi connectivity index (χ2n) is 7.00. The number of aromatic nitrogens is 2. The number of carbonyl (C=O) groups excluding carboxylic acids is 1. The fourth-order valence-corrected chi connectivity index (χ4v) is 3.58. The molecule has 0 unspecified atom stereocenters. The van der Waals surface area contributed by atoms with Crippen LogP contribution in [-0.2, 0) is 16.4 Å². The molecule has 0 saturated carbocycles. The van der Waals surface area contributed by atoms with E-state index in [-0.39, 0.29) is 17.0 Å². The third kappa shape index (κ3) is 4.88. The number of nitrogens with one attached hydrogen (secondary N) is 1. The van der Waals surface area contributed by atoms with Crippen molar-refractivity contribution in [3.63, 3.8) is 0 Å². The van der Waals surface area contributed by atoms with Gasteiger partial charge in [0.2, 0.25) is 0 Å². The van der Waals surface area contributed by atoms with Crippen LogP contribution >= 0.6 is 0 Å². The summed E-state index contributed by atoms with van der Waals surface area (Å²) in [6, 6.07) is 11.8. The van der Waals surface area contributed by atoms with E-state index in [0.29, 0.717) is 22.5 Å². The second-order valence-corrected chi connectivity index (χ2v) is 9.02. The van der Waals surface area contributed by atoms with Gasteiger partial charge in [-0.1, -0.05) is 12.1 Å². The molecule has 7 nitrogen and oxygen atoms in total. The van der Waals surface area contributed by atoms with E-state index < -0.39 is 15.7 Å². The van der Waals surface area contributed by atoms with Crippen LogP contribution < -0.4 is 5.32 Å². The second kappa shape index (κ2) is 8.43. The lowest BCUT2D eigenvalue weighted by molar-refractivity contribution is 0.0950. The SMILES string of the molecule is Cc1ccc(-c2cc(C(=O)NCc3cnc(C)nc3)cc(S(C)(=O)=O)c2)c(C#N)c1. The molecule has 0 saturated heterocycles. The molecule has 3 aromatic rings. The summed E-state index contributed by atoms with van der Waals surface area (Å²) in [5.74, 6) is 0.190. The van der Waals surface area contributed by atoms with E-state index >= 15 is 0 Å². The first-order valence-corrected chi connectivity index (χ1v) is 11.0. The number of rotatable bonds is 5. The standard InChI is InChI=1S/C22H20N4O3S/c1-14-4-5-21(19(6-14)10-23)17-7-18(9-20(8-17)30(3,28)29)22(27)26-13-16-11-24-15(2)25-12-16/h4-9,11-12H,13H2,1-3H3,(H,26,27). The van der Waals surface area contributed by atoms with Gasteiger partial charge in [0.05, 0.1) is 16.5 Å². The Labute approximate surface area is 175 Å². The molecule has 0 aliphatic carbocycles. The largest absolute Gasteiger partial charge is 0.348 e. The summed E-state index contributed by atoms with van der Waals surface area (Å²) in [7, 11) is -3.57. The highest BCUT2D eigenvalue weighted by Crippen LogP contribution is 2.28. The summed E-state index contributed by atoms with van der Waals surface area (Å²) in [6.45, 7) is 3.83. The maximum absolute atomic E-state index is 12.7. The van der Waals surface area contributed by atoms with Crippen molar-refractivity contribution < 1.29 is 13.2 Å². The lowest BCUT2D eigenvalue weighted by Gasteiger charge is -2.11. The Morgan fingerprint density at radius 1 is 1.10 bits per heavy atom. The first-order chi connectivity index (χ1) is 14.2. The van der Waals surface area contributed by atoms with Crippen molar-refractivity contribution in [3.8, 4) is 17.2 Å². The minimum atomic E-state index is -3.57. The quantitative estimate of drug-likeness (QED) is 0.679. The maximum atomic E-state index is 12.7. The monoisotopic (exact) mass is 420 g/mol. The zero-order chi connectivity index (χ0) is 21.9. The van der Waals surface area contributed by atoms with Crippen LogP contribution in [-0.4, -0.2) is 30.5 Å². The smallest absolute Gasteiger partial charge is 0.251 e. The van der Waals surface area contributed by atoms with E-state index in [1.54, 1.807) is 37.5 Å². The normalized spacial score (nSPS) is 11.0. The van der Waals surface area contributed by atoms with Gasteiger partial charge in [0, 0.05) is 36.3 Å². The van der Waals surface area contributed by atoms with Gasteiger partial charge in [0.1, 0.15) is 5.82 Å². The van der Waals surface area contributed by atoms with Crippen molar-refractivity contribution in [2.24, 2.45) is 0 Å². The number of sulfone groups is 1. The van der Waals surface area contributed by atoms with Crippen LogP contribution in [0.4, 0.5) is 0 Å². The summed E-state index contributed by atoms with van der Waals surface area (Å²) in [5.41, 5.74) is 3.27. The Bertz CT molecular complexity index is 1260. The fraction of sp³-hybridized carbons (Fsp3) is 0.182. The molecule has 1 amide bonds. The minimum absolute atomic E-state index is 0.00767. The number of aryl methyl sites for hydroxylation is 2. The van der Waals surface area contributed by atoms with Crippen LogP contribution in [0.3, 0.4) is 0 Å². The molecule has 30 heavy (non-hydrogen) atoms. The van der Waals surface area contributed by atoms with E-state index in [9.17, 15) is 18.5 Å². The van der Waals surface area contributed by atoms with Gasteiger partial charge in [-0.25, -0.2) is 18.4 Å². The highest BCUT2D eigenvalue weighted by Gasteiger charge is 2.17. The molecule has 2 aromatic carbocycles. The van der Waals surface area contributed by atoms with Gasteiger partial charge < -0.3 is 5.32 Å². The van der Waals surface area contributed by atoms with Crippen molar-refractivity contribution in [3.05, 3.63) is 76.9 Å². The van der Waals surface area contributed by atoms with Gasteiger partial charge >= 0.3 is 0 Å². The van der Waals surface area contributed by atoms with E-state index in [4.69, 9.17) is 0 Å². The van der Waals surface area contributed by atoms with Crippen LogP contribution in [0.15, 0.2) is 53.7 Å². The van der Waals surface area contributed by atoms with Gasteiger partial charge in [-0.3, -0.25) is 4.79 Å². The molecule has 0 aliphatic heterocycles. The summed E-state index contributed by atoms with van der Waals surface area (Å²) in [5, 5.41) is 12.2. The zero-order valence-corrected chi connectivity index (χ0v) is 17.6. The third-order valence-electron chi connectivity index (χ3n) is 4.49. The number of benzene rings is 2. The molecule has 0 bridgehead atoms. The topological polar surface area (TPSA) is 113 Å². The molecule has 0 atom stereocenters. The maximum Gasteiger partial charge on any atom is 0.251 e. The Morgan fingerprint density at radius 3 is 2.43 bits per heavy atom. The fourth-order valence-electron chi connectivity index (χ4n) is 2.90. The third-order valence-corrected chi connectivity index (χ3v) is 5.58. The van der Waals surface area contributed by atoms with Crippen LogP contribution in [0.25, 0.3) is 11.1 Å². The Kier molecular flexibility index (Phi) is 5.94. The zero-order valence-electron chi connectivity index (χ0n) is 16.8. The average Bonchev–Trinajstić information content (AvgIpc) is 2.72. The molecular formula is C22H20N4O3S. The van der Waals surface area contributed by atoms with Crippen molar-refractivity contribution >= 4 is 15.7 Å². The first kappa shape index (κ1) is 21.1. The van der Waals surface area contributed by atoms with E-state index in [1.807, 2.05) is 13.0 Å². The van der Waals surface area contributed by atoms with E-state index in [0.717, 1.165) is 17.4 Å². The van der Waals surface area contributed by atoms with E-state index in [1.165, 1.54) is 12.1 Å². The predicted molar refractivity (Wildman–Crippen MR) is 112 cm³/mol.